The Morgan fingerprint density at radius 3 is 2.25 bits per heavy atom. The number of hydrogen-bond donors (Lipinski definition) is 0. The number of rotatable bonds is 2. The van der Waals surface area contributed by atoms with Gasteiger partial charge in [-0.15, -0.1) is 23.9 Å². The van der Waals surface area contributed by atoms with E-state index in [4.69, 9.17) is 23.9 Å². The van der Waals surface area contributed by atoms with E-state index in [9.17, 15) is 4.79 Å². The maximum absolute atomic E-state index is 10.8. The maximum Gasteiger partial charge on any atom is 0.325 e. The van der Waals surface area contributed by atoms with Gasteiger partial charge in [-0.3, -0.25) is 4.79 Å². The van der Waals surface area contributed by atoms with Crippen LogP contribution in [0, 0.1) is 23.9 Å². The Bertz CT molecular complexity index is 249. The van der Waals surface area contributed by atoms with Gasteiger partial charge in [-0.25, -0.2) is 0 Å². The van der Waals surface area contributed by atoms with E-state index in [1.165, 1.54) is 11.8 Å². The molecule has 0 bridgehead atoms. The molecule has 0 heterocycles. The second-order valence-corrected chi connectivity index (χ2v) is 6.90. The smallest absolute Gasteiger partial charge is 0.325 e. The van der Waals surface area contributed by atoms with Gasteiger partial charge in [0.2, 0.25) is 5.91 Å². The molecule has 0 unspecified atom stereocenters. The zero-order valence-electron chi connectivity index (χ0n) is 7.10. The normalized spacial score (nSPS) is 9.75. The van der Waals surface area contributed by atoms with Crippen molar-refractivity contribution in [2.45, 2.75) is 6.92 Å². The quantitative estimate of drug-likeness (QED) is 0.361. The lowest BCUT2D eigenvalue weighted by Gasteiger charge is -2.19. The number of carbonyl (C=O) groups is 1. The van der Waals surface area contributed by atoms with Gasteiger partial charge in [0, 0.05) is 14.0 Å². The van der Waals surface area contributed by atoms with Crippen LogP contribution in [0.4, 0.5) is 0 Å². The van der Waals surface area contributed by atoms with E-state index in [1.807, 2.05) is 0 Å². The Morgan fingerprint density at radius 1 is 1.58 bits per heavy atom. The van der Waals surface area contributed by atoms with Gasteiger partial charge < -0.3 is 4.90 Å². The van der Waals surface area contributed by atoms with Crippen LogP contribution in [-0.2, 0) is 4.79 Å². The molecule has 0 aromatic carbocycles. The number of terminal acetylenes is 2. The van der Waals surface area contributed by atoms with E-state index in [0.29, 0.717) is 6.17 Å². The van der Waals surface area contributed by atoms with Gasteiger partial charge in [0.15, 0.2) is 0 Å². The second kappa shape index (κ2) is 4.20. The van der Waals surface area contributed by atoms with Gasteiger partial charge in [0.05, 0.1) is 6.17 Å². The van der Waals surface area contributed by atoms with Crippen LogP contribution in [0.2, 0.25) is 0 Å². The zero-order valence-corrected chi connectivity index (χ0v) is 8.85. The molecule has 0 aromatic rings. The van der Waals surface area contributed by atoms with E-state index in [0.717, 1.165) is 0 Å². The van der Waals surface area contributed by atoms with Crippen molar-refractivity contribution in [1.82, 2.24) is 4.90 Å². The van der Waals surface area contributed by atoms with Gasteiger partial charge in [0.1, 0.15) is 0 Å². The highest BCUT2D eigenvalue weighted by atomic mass is 35.6. The fourth-order valence-electron chi connectivity index (χ4n) is 0.571. The van der Waals surface area contributed by atoms with Crippen molar-refractivity contribution in [2.75, 3.05) is 13.2 Å². The molecular formula is C8H10ClNOSi. The molecule has 0 saturated heterocycles. The third kappa shape index (κ3) is 3.00. The van der Waals surface area contributed by atoms with Crippen molar-refractivity contribution < 1.29 is 4.79 Å². The average Bonchev–Trinajstić information content (AvgIpc) is 2.04. The van der Waals surface area contributed by atoms with Crippen LogP contribution in [0.25, 0.3) is 0 Å². The summed E-state index contributed by atoms with van der Waals surface area (Å²) in [6, 6.07) is 0. The minimum absolute atomic E-state index is 0.0852. The highest BCUT2D eigenvalue weighted by molar-refractivity contribution is 7.29. The van der Waals surface area contributed by atoms with Crippen LogP contribution < -0.4 is 0 Å². The molecule has 12 heavy (non-hydrogen) atoms. The summed E-state index contributed by atoms with van der Waals surface area (Å²) in [6.45, 7) is 1.44. The van der Waals surface area contributed by atoms with Crippen molar-refractivity contribution in [1.29, 1.82) is 0 Å². The molecule has 0 saturated carbocycles. The fourth-order valence-corrected chi connectivity index (χ4v) is 2.25. The van der Waals surface area contributed by atoms with Crippen molar-refractivity contribution in [3.05, 3.63) is 0 Å². The van der Waals surface area contributed by atoms with Gasteiger partial charge in [0.25, 0.3) is 0 Å². The molecule has 0 aliphatic heterocycles. The number of nitrogens with zero attached hydrogens (tertiary/aromatic N) is 1. The van der Waals surface area contributed by atoms with Crippen molar-refractivity contribution in [3.63, 3.8) is 0 Å². The lowest BCUT2D eigenvalue weighted by Crippen LogP contribution is -2.41. The number of amides is 1. The topological polar surface area (TPSA) is 20.3 Å². The van der Waals surface area contributed by atoms with E-state index in [2.05, 4.69) is 11.1 Å². The highest BCUT2D eigenvalue weighted by Gasteiger charge is 2.28. The molecule has 0 aliphatic carbocycles. The summed E-state index contributed by atoms with van der Waals surface area (Å²) >= 11 is 5.92. The molecule has 2 nitrogen and oxygen atoms in total. The number of carbonyl (C=O) groups excluding carboxylic acids is 1. The Labute approximate surface area is 78.6 Å². The van der Waals surface area contributed by atoms with E-state index < -0.39 is 7.38 Å². The van der Waals surface area contributed by atoms with Crippen molar-refractivity contribution in [2.24, 2.45) is 0 Å². The average molecular weight is 200 g/mol. The van der Waals surface area contributed by atoms with E-state index in [1.54, 1.807) is 7.05 Å². The summed E-state index contributed by atoms with van der Waals surface area (Å²) in [7, 11) is -0.964. The summed E-state index contributed by atoms with van der Waals surface area (Å²) in [4.78, 5) is 12.2. The number of halogens is 1. The van der Waals surface area contributed by atoms with Gasteiger partial charge in [-0.2, -0.15) is 0 Å². The largest absolute Gasteiger partial charge is 0.346 e. The molecule has 0 rings (SSSR count). The Balaban J connectivity index is 4.37. The third-order valence-electron chi connectivity index (χ3n) is 1.45. The second-order valence-electron chi connectivity index (χ2n) is 2.46. The lowest BCUT2D eigenvalue weighted by atomic mass is 10.6. The third-order valence-corrected chi connectivity index (χ3v) is 4.29. The molecule has 0 atom stereocenters. The van der Waals surface area contributed by atoms with Crippen LogP contribution in [0.5, 0.6) is 0 Å². The van der Waals surface area contributed by atoms with Crippen LogP contribution in [0.1, 0.15) is 6.92 Å². The maximum atomic E-state index is 10.8. The van der Waals surface area contributed by atoms with Gasteiger partial charge in [-0.1, -0.05) is 11.1 Å². The predicted octanol–water partition coefficient (Wildman–Crippen LogP) is 0.533. The first-order valence-corrected chi connectivity index (χ1v) is 6.53. The monoisotopic (exact) mass is 199 g/mol. The minimum atomic E-state index is -2.59. The van der Waals surface area contributed by atoms with Crippen molar-refractivity contribution in [3.8, 4) is 23.9 Å². The molecule has 0 N–H and O–H groups in total. The standard InChI is InChI=1S/C8H10ClNOSi/c1-5-12(9,6-2)7-10(4)8(3)11/h1-2H,7H2,3-4H3. The minimum Gasteiger partial charge on any atom is -0.346 e. The molecular weight excluding hydrogens is 190 g/mol. The van der Waals surface area contributed by atoms with Gasteiger partial charge in [-0.05, 0) is 0 Å². The Hall–Kier alpha value is -0.903. The summed E-state index contributed by atoms with van der Waals surface area (Å²) in [5, 5.41) is 0. The first-order valence-electron chi connectivity index (χ1n) is 3.31. The molecule has 0 fully saturated rings. The molecule has 0 radical (unpaired) electrons. The molecule has 0 aromatic heterocycles. The van der Waals surface area contributed by atoms with E-state index >= 15 is 0 Å². The molecule has 64 valence electrons. The summed E-state index contributed by atoms with van der Waals surface area (Å²) < 4.78 is 0. The summed E-state index contributed by atoms with van der Waals surface area (Å²) in [5.41, 5.74) is 4.78. The van der Waals surface area contributed by atoms with Crippen LogP contribution in [0.15, 0.2) is 0 Å². The van der Waals surface area contributed by atoms with Gasteiger partial charge >= 0.3 is 7.38 Å². The molecule has 0 aliphatic rings. The predicted molar refractivity (Wildman–Crippen MR) is 52.6 cm³/mol. The zero-order chi connectivity index (χ0) is 9.78. The SMILES string of the molecule is C#C[Si](Cl)(C#C)CN(C)C(C)=O. The first kappa shape index (κ1) is 11.1. The van der Waals surface area contributed by atoms with Crippen LogP contribution in [0.3, 0.4) is 0 Å². The van der Waals surface area contributed by atoms with Crippen LogP contribution in [-0.4, -0.2) is 31.4 Å². The highest BCUT2D eigenvalue weighted by Crippen LogP contribution is 2.07. The van der Waals surface area contributed by atoms with E-state index in [-0.39, 0.29) is 5.91 Å². The first-order chi connectivity index (χ1) is 5.45. The lowest BCUT2D eigenvalue weighted by molar-refractivity contribution is -0.126. The van der Waals surface area contributed by atoms with Crippen molar-refractivity contribution >= 4 is 24.4 Å². The fraction of sp³-hybridized carbons (Fsp3) is 0.375. The molecule has 1 amide bonds. The molecule has 0 spiro atoms. The Morgan fingerprint density at radius 2 is 2.00 bits per heavy atom. The van der Waals surface area contributed by atoms with Crippen LogP contribution >= 0.6 is 11.1 Å². The summed E-state index contributed by atoms with van der Waals surface area (Å²) in [6.07, 6.45) is 10.6. The summed E-state index contributed by atoms with van der Waals surface area (Å²) in [5.74, 6) is -0.0852. The number of hydrogen-bond acceptors (Lipinski definition) is 1. The molecule has 4 heteroatoms. The Kier molecular flexibility index (Phi) is 3.89.